The molecule has 104 valence electrons. The lowest BCUT2D eigenvalue weighted by Crippen LogP contribution is -2.31. The molecule has 19 heavy (non-hydrogen) atoms. The Morgan fingerprint density at radius 3 is 2.58 bits per heavy atom. The fraction of sp³-hybridized carbons (Fsp3) is 0.562. The molecule has 3 unspecified atom stereocenters. The number of hydrogen-bond acceptors (Lipinski definition) is 1. The summed E-state index contributed by atoms with van der Waals surface area (Å²) < 4.78 is 1.23. The predicted octanol–water partition coefficient (Wildman–Crippen LogP) is 4.36. The minimum absolute atomic E-state index is 0.151. The Kier molecular flexibility index (Phi) is 5.25. The first kappa shape index (κ1) is 14.8. The summed E-state index contributed by atoms with van der Waals surface area (Å²) in [6.45, 7) is 2.22. The highest BCUT2D eigenvalue weighted by atomic mass is 127. The zero-order valence-corrected chi connectivity index (χ0v) is 13.5. The predicted molar refractivity (Wildman–Crippen MR) is 85.1 cm³/mol. The van der Waals surface area contributed by atoms with E-state index >= 15 is 0 Å². The van der Waals surface area contributed by atoms with Crippen LogP contribution in [0, 0.1) is 21.3 Å². The van der Waals surface area contributed by atoms with Gasteiger partial charge in [-0.25, -0.2) is 0 Å². The fourth-order valence-electron chi connectivity index (χ4n) is 3.21. The number of rotatable bonds is 4. The van der Waals surface area contributed by atoms with E-state index in [2.05, 4.69) is 53.8 Å². The molecule has 3 heteroatoms. The lowest BCUT2D eigenvalue weighted by molar-refractivity contribution is -0.145. The first-order valence-electron chi connectivity index (χ1n) is 7.07. The maximum Gasteiger partial charge on any atom is 0.306 e. The van der Waals surface area contributed by atoms with Crippen LogP contribution in [0.15, 0.2) is 24.3 Å². The first-order chi connectivity index (χ1) is 9.10. The average molecular weight is 372 g/mol. The number of benzene rings is 1. The second kappa shape index (κ2) is 6.73. The Morgan fingerprint density at radius 2 is 2.00 bits per heavy atom. The first-order valence-corrected chi connectivity index (χ1v) is 8.15. The molecule has 0 aliphatic heterocycles. The van der Waals surface area contributed by atoms with Crippen LogP contribution in [0.4, 0.5) is 0 Å². The fourth-order valence-corrected chi connectivity index (χ4v) is 3.57. The van der Waals surface area contributed by atoms with Gasteiger partial charge >= 0.3 is 5.97 Å². The molecule has 0 bridgehead atoms. The quantitative estimate of drug-likeness (QED) is 0.798. The van der Waals surface area contributed by atoms with E-state index in [4.69, 9.17) is 0 Å². The number of hydrogen-bond donors (Lipinski definition) is 1. The second-order valence-corrected chi connectivity index (χ2v) is 6.87. The Hall–Kier alpha value is -0.580. The largest absolute Gasteiger partial charge is 0.481 e. The second-order valence-electron chi connectivity index (χ2n) is 5.62. The molecule has 0 spiro atoms. The van der Waals surface area contributed by atoms with E-state index in [1.54, 1.807) is 0 Å². The summed E-state index contributed by atoms with van der Waals surface area (Å²) in [7, 11) is 0. The lowest BCUT2D eigenvalue weighted by Gasteiger charge is -2.33. The van der Waals surface area contributed by atoms with Crippen molar-refractivity contribution in [2.24, 2.45) is 17.8 Å². The van der Waals surface area contributed by atoms with E-state index in [0.717, 1.165) is 25.7 Å². The highest BCUT2D eigenvalue weighted by Gasteiger charge is 2.34. The van der Waals surface area contributed by atoms with Gasteiger partial charge in [-0.15, -0.1) is 0 Å². The van der Waals surface area contributed by atoms with Crippen molar-refractivity contribution in [1.29, 1.82) is 0 Å². The molecule has 1 N–H and O–H groups in total. The van der Waals surface area contributed by atoms with Crippen LogP contribution in [0.1, 0.15) is 38.2 Å². The molecule has 3 atom stereocenters. The van der Waals surface area contributed by atoms with Crippen LogP contribution in [-0.2, 0) is 11.2 Å². The minimum Gasteiger partial charge on any atom is -0.481 e. The third kappa shape index (κ3) is 3.94. The van der Waals surface area contributed by atoms with Gasteiger partial charge in [-0.1, -0.05) is 25.5 Å². The molecule has 1 saturated carbocycles. The van der Waals surface area contributed by atoms with Crippen LogP contribution < -0.4 is 0 Å². The van der Waals surface area contributed by atoms with Crippen LogP contribution in [-0.4, -0.2) is 11.1 Å². The van der Waals surface area contributed by atoms with Crippen molar-refractivity contribution >= 4 is 28.6 Å². The summed E-state index contributed by atoms with van der Waals surface area (Å²) in [6, 6.07) is 8.48. The molecule has 2 rings (SSSR count). The molecule has 0 heterocycles. The van der Waals surface area contributed by atoms with Crippen LogP contribution in [0.3, 0.4) is 0 Å². The minimum atomic E-state index is -0.606. The van der Waals surface area contributed by atoms with Gasteiger partial charge in [0.2, 0.25) is 0 Å². The summed E-state index contributed by atoms with van der Waals surface area (Å²) in [5, 5.41) is 9.39. The van der Waals surface area contributed by atoms with E-state index in [0.29, 0.717) is 11.8 Å². The van der Waals surface area contributed by atoms with Crippen molar-refractivity contribution in [2.75, 3.05) is 0 Å². The number of halogens is 1. The zero-order chi connectivity index (χ0) is 13.8. The molecule has 2 nitrogen and oxygen atoms in total. The average Bonchev–Trinajstić information content (AvgIpc) is 2.41. The molecule has 1 aliphatic rings. The van der Waals surface area contributed by atoms with Gasteiger partial charge in [0.1, 0.15) is 0 Å². The van der Waals surface area contributed by atoms with Crippen molar-refractivity contribution < 1.29 is 9.90 Å². The third-order valence-electron chi connectivity index (χ3n) is 4.40. The number of carbonyl (C=O) groups is 1. The number of aliphatic carboxylic acids is 1. The van der Waals surface area contributed by atoms with Crippen molar-refractivity contribution in [3.63, 3.8) is 0 Å². The SMILES string of the molecule is CCC1CCC(C(=O)O)C(Cc2ccc(I)cc2)C1. The van der Waals surface area contributed by atoms with Gasteiger partial charge in [0.15, 0.2) is 0 Å². The van der Waals surface area contributed by atoms with E-state index in [9.17, 15) is 9.90 Å². The lowest BCUT2D eigenvalue weighted by atomic mass is 9.71. The summed E-state index contributed by atoms with van der Waals surface area (Å²) in [4.78, 5) is 11.4. The molecule has 1 fully saturated rings. The van der Waals surface area contributed by atoms with E-state index < -0.39 is 5.97 Å². The van der Waals surface area contributed by atoms with Crippen molar-refractivity contribution in [1.82, 2.24) is 0 Å². The third-order valence-corrected chi connectivity index (χ3v) is 5.12. The molecule has 0 radical (unpaired) electrons. The van der Waals surface area contributed by atoms with Gasteiger partial charge in [-0.05, 0) is 77.8 Å². The normalized spacial score (nSPS) is 27.2. The van der Waals surface area contributed by atoms with Crippen LogP contribution in [0.5, 0.6) is 0 Å². The van der Waals surface area contributed by atoms with Crippen molar-refractivity contribution in [3.05, 3.63) is 33.4 Å². The van der Waals surface area contributed by atoms with Gasteiger partial charge in [0.25, 0.3) is 0 Å². The number of carboxylic acid groups (broad SMARTS) is 1. The maximum atomic E-state index is 11.4. The monoisotopic (exact) mass is 372 g/mol. The smallest absolute Gasteiger partial charge is 0.306 e. The summed E-state index contributed by atoms with van der Waals surface area (Å²) in [5.41, 5.74) is 1.27. The van der Waals surface area contributed by atoms with Gasteiger partial charge in [0.05, 0.1) is 5.92 Å². The molecule has 0 aromatic heterocycles. The topological polar surface area (TPSA) is 37.3 Å². The molecular formula is C16H21IO2. The van der Waals surface area contributed by atoms with E-state index in [-0.39, 0.29) is 5.92 Å². The molecule has 1 aliphatic carbocycles. The Labute approximate surface area is 128 Å². The Bertz CT molecular complexity index is 427. The molecule has 1 aromatic carbocycles. The molecular weight excluding hydrogens is 351 g/mol. The van der Waals surface area contributed by atoms with Crippen molar-refractivity contribution in [2.45, 2.75) is 39.0 Å². The summed E-state index contributed by atoms with van der Waals surface area (Å²) in [5.74, 6) is 0.257. The summed E-state index contributed by atoms with van der Waals surface area (Å²) >= 11 is 2.30. The van der Waals surface area contributed by atoms with E-state index in [1.807, 2.05) is 0 Å². The highest BCUT2D eigenvalue weighted by Crippen LogP contribution is 2.37. The highest BCUT2D eigenvalue weighted by molar-refractivity contribution is 14.1. The Morgan fingerprint density at radius 1 is 1.32 bits per heavy atom. The van der Waals surface area contributed by atoms with Crippen LogP contribution >= 0.6 is 22.6 Å². The van der Waals surface area contributed by atoms with Gasteiger partial charge in [-0.3, -0.25) is 4.79 Å². The van der Waals surface area contributed by atoms with Gasteiger partial charge < -0.3 is 5.11 Å². The van der Waals surface area contributed by atoms with Gasteiger partial charge in [-0.2, -0.15) is 0 Å². The zero-order valence-electron chi connectivity index (χ0n) is 11.3. The standard InChI is InChI=1S/C16H21IO2/c1-2-11-5-8-15(16(18)19)13(9-11)10-12-3-6-14(17)7-4-12/h3-4,6-7,11,13,15H,2,5,8-10H2,1H3,(H,18,19). The molecule has 0 saturated heterocycles. The summed E-state index contributed by atoms with van der Waals surface area (Å²) in [6.07, 6.45) is 5.08. The molecule has 0 amide bonds. The van der Waals surface area contributed by atoms with Gasteiger partial charge in [0, 0.05) is 3.57 Å². The van der Waals surface area contributed by atoms with Crippen LogP contribution in [0.2, 0.25) is 0 Å². The van der Waals surface area contributed by atoms with Crippen LogP contribution in [0.25, 0.3) is 0 Å². The maximum absolute atomic E-state index is 11.4. The molecule has 1 aromatic rings. The van der Waals surface area contributed by atoms with E-state index in [1.165, 1.54) is 15.6 Å². The number of carboxylic acids is 1. The Balaban J connectivity index is 2.08. The van der Waals surface area contributed by atoms with Crippen molar-refractivity contribution in [3.8, 4) is 0 Å².